The van der Waals surface area contributed by atoms with Crippen molar-refractivity contribution in [1.82, 2.24) is 10.1 Å². The minimum atomic E-state index is 0.219. The second kappa shape index (κ2) is 4.40. The van der Waals surface area contributed by atoms with Gasteiger partial charge < -0.3 is 19.4 Å². The first-order valence-electron chi connectivity index (χ1n) is 5.82. The van der Waals surface area contributed by atoms with Crippen molar-refractivity contribution in [2.75, 3.05) is 7.11 Å². The Bertz CT molecular complexity index is 730. The highest BCUT2D eigenvalue weighted by atomic mass is 16.5. The van der Waals surface area contributed by atoms with Gasteiger partial charge in [0.25, 0.3) is 0 Å². The van der Waals surface area contributed by atoms with Gasteiger partial charge in [-0.05, 0) is 25.1 Å². The average molecular weight is 259 g/mol. The second-order valence-electron chi connectivity index (χ2n) is 4.17. The molecule has 0 aliphatic heterocycles. The van der Waals surface area contributed by atoms with E-state index in [9.17, 15) is 0 Å². The van der Waals surface area contributed by atoms with E-state index in [0.29, 0.717) is 23.0 Å². The number of hydrogen-bond donors (Lipinski definition) is 1. The molecular weight excluding hydrogens is 246 g/mol. The molecular formula is C13H13N3O3. The fourth-order valence-corrected chi connectivity index (χ4v) is 1.99. The van der Waals surface area contributed by atoms with Gasteiger partial charge >= 0.3 is 0 Å². The van der Waals surface area contributed by atoms with E-state index >= 15 is 0 Å². The third kappa shape index (κ3) is 1.96. The fourth-order valence-electron chi connectivity index (χ4n) is 1.99. The van der Waals surface area contributed by atoms with Gasteiger partial charge in [0.2, 0.25) is 11.7 Å². The summed E-state index contributed by atoms with van der Waals surface area (Å²) < 4.78 is 15.9. The van der Waals surface area contributed by atoms with Gasteiger partial charge in [-0.1, -0.05) is 5.16 Å². The van der Waals surface area contributed by atoms with Crippen molar-refractivity contribution in [2.24, 2.45) is 5.73 Å². The molecule has 6 heteroatoms. The van der Waals surface area contributed by atoms with E-state index in [2.05, 4.69) is 10.1 Å². The first-order valence-corrected chi connectivity index (χ1v) is 5.82. The summed E-state index contributed by atoms with van der Waals surface area (Å²) in [6, 6.07) is 5.68. The molecule has 0 bridgehead atoms. The van der Waals surface area contributed by atoms with Crippen molar-refractivity contribution in [2.45, 2.75) is 13.5 Å². The Morgan fingerprint density at radius 2 is 2.16 bits per heavy atom. The van der Waals surface area contributed by atoms with Gasteiger partial charge in [-0.25, -0.2) is 0 Å². The molecule has 19 heavy (non-hydrogen) atoms. The van der Waals surface area contributed by atoms with E-state index in [4.69, 9.17) is 19.4 Å². The van der Waals surface area contributed by atoms with E-state index in [-0.39, 0.29) is 6.54 Å². The van der Waals surface area contributed by atoms with Crippen LogP contribution in [0.5, 0.6) is 5.75 Å². The molecule has 0 atom stereocenters. The zero-order chi connectivity index (χ0) is 13.4. The molecule has 2 N–H and O–H groups in total. The molecule has 0 amide bonds. The molecule has 1 aromatic carbocycles. The van der Waals surface area contributed by atoms with Crippen molar-refractivity contribution in [3.63, 3.8) is 0 Å². The molecule has 0 unspecified atom stereocenters. The predicted octanol–water partition coefficient (Wildman–Crippen LogP) is 2.26. The molecule has 3 rings (SSSR count). The molecule has 0 fully saturated rings. The molecule has 3 aromatic rings. The molecule has 0 spiro atoms. The van der Waals surface area contributed by atoms with Crippen LogP contribution < -0.4 is 10.5 Å². The van der Waals surface area contributed by atoms with Crippen molar-refractivity contribution < 1.29 is 13.7 Å². The average Bonchev–Trinajstić information content (AvgIpc) is 3.02. The number of methoxy groups -OCH3 is 1. The van der Waals surface area contributed by atoms with Crippen LogP contribution in [0.15, 0.2) is 27.1 Å². The summed E-state index contributed by atoms with van der Waals surface area (Å²) in [5.41, 5.74) is 6.97. The lowest BCUT2D eigenvalue weighted by molar-refractivity contribution is 0.380. The van der Waals surface area contributed by atoms with Gasteiger partial charge in [-0.3, -0.25) is 0 Å². The summed E-state index contributed by atoms with van der Waals surface area (Å²) in [6.07, 6.45) is 0. The topological polar surface area (TPSA) is 87.3 Å². The van der Waals surface area contributed by atoms with Crippen LogP contribution in [0.2, 0.25) is 0 Å². The molecule has 2 aromatic heterocycles. The summed E-state index contributed by atoms with van der Waals surface area (Å²) in [4.78, 5) is 4.20. The number of aromatic nitrogens is 2. The highest BCUT2D eigenvalue weighted by Gasteiger charge is 2.14. The van der Waals surface area contributed by atoms with Crippen LogP contribution in [0, 0.1) is 6.92 Å². The molecule has 0 aliphatic carbocycles. The third-order valence-corrected chi connectivity index (χ3v) is 2.83. The van der Waals surface area contributed by atoms with Gasteiger partial charge in [0, 0.05) is 10.9 Å². The maximum Gasteiger partial charge on any atom is 0.240 e. The molecule has 6 nitrogen and oxygen atoms in total. The molecule has 98 valence electrons. The minimum absolute atomic E-state index is 0.219. The number of rotatable bonds is 3. The highest BCUT2D eigenvalue weighted by Crippen LogP contribution is 2.33. The zero-order valence-corrected chi connectivity index (χ0v) is 10.6. The standard InChI is InChI=1S/C13H13N3O3/c1-7-3-8-4-9(5-10(17-2)12(8)18-7)13-15-11(6-14)19-16-13/h3-5H,6,14H2,1-2H3. The van der Waals surface area contributed by atoms with Crippen LogP contribution >= 0.6 is 0 Å². The van der Waals surface area contributed by atoms with Gasteiger partial charge in [0.1, 0.15) is 5.76 Å². The van der Waals surface area contributed by atoms with Crippen molar-refractivity contribution in [3.05, 3.63) is 29.9 Å². The van der Waals surface area contributed by atoms with Crippen LogP contribution in [0.1, 0.15) is 11.7 Å². The zero-order valence-electron chi connectivity index (χ0n) is 10.6. The van der Waals surface area contributed by atoms with Crippen LogP contribution in [-0.4, -0.2) is 17.3 Å². The Balaban J connectivity index is 2.18. The normalized spacial score (nSPS) is 11.1. The quantitative estimate of drug-likeness (QED) is 0.776. The summed E-state index contributed by atoms with van der Waals surface area (Å²) in [6.45, 7) is 2.11. The first kappa shape index (κ1) is 11.7. The lowest BCUT2D eigenvalue weighted by Gasteiger charge is -2.02. The number of benzene rings is 1. The Morgan fingerprint density at radius 3 is 2.84 bits per heavy atom. The molecule has 0 radical (unpaired) electrons. The highest BCUT2D eigenvalue weighted by molar-refractivity contribution is 5.88. The SMILES string of the molecule is COc1cc(-c2noc(CN)n2)cc2cc(C)oc12. The second-order valence-corrected chi connectivity index (χ2v) is 4.17. The predicted molar refractivity (Wildman–Crippen MR) is 68.7 cm³/mol. The fraction of sp³-hybridized carbons (Fsp3) is 0.231. The van der Waals surface area contributed by atoms with Crippen LogP contribution in [0.25, 0.3) is 22.4 Å². The minimum Gasteiger partial charge on any atom is -0.493 e. The Kier molecular flexibility index (Phi) is 2.72. The number of furan rings is 1. The van der Waals surface area contributed by atoms with Gasteiger partial charge in [-0.2, -0.15) is 4.98 Å². The van der Waals surface area contributed by atoms with E-state index in [1.165, 1.54) is 0 Å². The Morgan fingerprint density at radius 1 is 1.32 bits per heavy atom. The number of ether oxygens (including phenoxy) is 1. The summed E-state index contributed by atoms with van der Waals surface area (Å²) in [7, 11) is 1.60. The van der Waals surface area contributed by atoms with E-state index in [0.717, 1.165) is 16.7 Å². The first-order chi connectivity index (χ1) is 9.21. The lowest BCUT2D eigenvalue weighted by atomic mass is 10.1. The monoisotopic (exact) mass is 259 g/mol. The smallest absolute Gasteiger partial charge is 0.240 e. The van der Waals surface area contributed by atoms with Crippen LogP contribution in [0.3, 0.4) is 0 Å². The van der Waals surface area contributed by atoms with E-state index in [1.807, 2.05) is 25.1 Å². The van der Waals surface area contributed by atoms with Gasteiger partial charge in [0.15, 0.2) is 11.3 Å². The van der Waals surface area contributed by atoms with Gasteiger partial charge in [0.05, 0.1) is 13.7 Å². The molecule has 0 aliphatic rings. The maximum atomic E-state index is 5.60. The molecule has 0 saturated carbocycles. The van der Waals surface area contributed by atoms with Crippen molar-refractivity contribution in [1.29, 1.82) is 0 Å². The molecule has 0 saturated heterocycles. The van der Waals surface area contributed by atoms with Crippen molar-refractivity contribution in [3.8, 4) is 17.1 Å². The number of nitrogens with two attached hydrogens (primary N) is 1. The van der Waals surface area contributed by atoms with Gasteiger partial charge in [-0.15, -0.1) is 0 Å². The summed E-state index contributed by atoms with van der Waals surface area (Å²) in [5, 5.41) is 4.83. The number of nitrogens with zero attached hydrogens (tertiary/aromatic N) is 2. The molecule has 2 heterocycles. The maximum absolute atomic E-state index is 5.60. The Labute approximate surface area is 109 Å². The number of aryl methyl sites for hydroxylation is 1. The van der Waals surface area contributed by atoms with E-state index < -0.39 is 0 Å². The number of fused-ring (bicyclic) bond motifs is 1. The Hall–Kier alpha value is -2.34. The van der Waals surface area contributed by atoms with E-state index in [1.54, 1.807) is 7.11 Å². The third-order valence-electron chi connectivity index (χ3n) is 2.83. The lowest BCUT2D eigenvalue weighted by Crippen LogP contribution is -1.95. The number of hydrogen-bond acceptors (Lipinski definition) is 6. The van der Waals surface area contributed by atoms with Crippen molar-refractivity contribution >= 4 is 11.0 Å². The van der Waals surface area contributed by atoms with Crippen LogP contribution in [0.4, 0.5) is 0 Å². The van der Waals surface area contributed by atoms with Crippen LogP contribution in [-0.2, 0) is 6.54 Å². The largest absolute Gasteiger partial charge is 0.493 e. The summed E-state index contributed by atoms with van der Waals surface area (Å²) >= 11 is 0. The summed E-state index contributed by atoms with van der Waals surface area (Å²) in [5.74, 6) is 2.35.